The Balaban J connectivity index is 3.52. The topological polar surface area (TPSA) is 75.2 Å². The van der Waals surface area contributed by atoms with E-state index in [0.717, 1.165) is 13.7 Å². The molecule has 1 aromatic heterocycles. The van der Waals surface area contributed by atoms with Gasteiger partial charge in [-0.1, -0.05) is 0 Å². The van der Waals surface area contributed by atoms with E-state index in [9.17, 15) is 14.4 Å². The van der Waals surface area contributed by atoms with Gasteiger partial charge >= 0.3 is 17.1 Å². The Labute approximate surface area is 97.9 Å². The molecule has 0 aliphatic heterocycles. The van der Waals surface area contributed by atoms with Gasteiger partial charge in [0.15, 0.2) is 0 Å². The molecule has 1 aromatic rings. The molecule has 96 valence electrons. The van der Waals surface area contributed by atoms with Crippen molar-refractivity contribution in [1.82, 2.24) is 13.7 Å². The Morgan fingerprint density at radius 2 is 1.41 bits per heavy atom. The number of methoxy groups -OCH3 is 1. The van der Waals surface area contributed by atoms with E-state index in [-0.39, 0.29) is 6.54 Å². The number of aromatic nitrogens is 3. The summed E-state index contributed by atoms with van der Waals surface area (Å²) in [6, 6.07) is 0. The lowest BCUT2D eigenvalue weighted by atomic mass is 10.1. The highest BCUT2D eigenvalue weighted by Crippen LogP contribution is 2.07. The first-order valence-corrected chi connectivity index (χ1v) is 5.13. The molecule has 0 aromatic carbocycles. The van der Waals surface area contributed by atoms with Gasteiger partial charge in [0.05, 0.1) is 12.1 Å². The molecule has 0 N–H and O–H groups in total. The molecule has 0 spiro atoms. The SMILES string of the molecule is COC(C)(C)Cn1c(=O)n(C)c(=O)n(C)c1=O. The Morgan fingerprint density at radius 1 is 1.00 bits per heavy atom. The van der Waals surface area contributed by atoms with Crippen LogP contribution in [0.15, 0.2) is 14.4 Å². The van der Waals surface area contributed by atoms with Gasteiger partial charge in [0.1, 0.15) is 0 Å². The third kappa shape index (κ3) is 2.38. The number of hydrogen-bond donors (Lipinski definition) is 0. The minimum atomic E-state index is -0.659. The lowest BCUT2D eigenvalue weighted by molar-refractivity contribution is 0.00534. The second-order valence-electron chi connectivity index (χ2n) is 4.52. The van der Waals surface area contributed by atoms with E-state index < -0.39 is 22.7 Å². The van der Waals surface area contributed by atoms with Crippen molar-refractivity contribution in [2.24, 2.45) is 14.1 Å². The zero-order valence-corrected chi connectivity index (χ0v) is 10.7. The second-order valence-corrected chi connectivity index (χ2v) is 4.52. The summed E-state index contributed by atoms with van der Waals surface area (Å²) < 4.78 is 7.95. The minimum Gasteiger partial charge on any atom is -0.377 e. The second kappa shape index (κ2) is 4.33. The van der Waals surface area contributed by atoms with Crippen LogP contribution >= 0.6 is 0 Å². The average Bonchev–Trinajstić information content (AvgIpc) is 2.30. The van der Waals surface area contributed by atoms with E-state index in [1.165, 1.54) is 21.2 Å². The van der Waals surface area contributed by atoms with Gasteiger partial charge in [0, 0.05) is 21.2 Å². The lowest BCUT2D eigenvalue weighted by Gasteiger charge is -2.23. The largest absolute Gasteiger partial charge is 0.377 e. The number of rotatable bonds is 3. The van der Waals surface area contributed by atoms with Crippen LogP contribution < -0.4 is 17.1 Å². The van der Waals surface area contributed by atoms with Crippen molar-refractivity contribution >= 4 is 0 Å². The van der Waals surface area contributed by atoms with Crippen molar-refractivity contribution in [3.05, 3.63) is 31.5 Å². The standard InChI is InChI=1S/C10H17N3O4/c1-10(2,17-5)6-13-8(15)11(3)7(14)12(4)9(13)16/h6H2,1-5H3. The van der Waals surface area contributed by atoms with Crippen molar-refractivity contribution in [2.75, 3.05) is 7.11 Å². The van der Waals surface area contributed by atoms with Gasteiger partial charge in [0.25, 0.3) is 0 Å². The molecule has 7 nitrogen and oxygen atoms in total. The molecular formula is C10H17N3O4. The normalized spacial score (nSPS) is 11.8. The van der Waals surface area contributed by atoms with E-state index >= 15 is 0 Å². The van der Waals surface area contributed by atoms with Crippen LogP contribution in [-0.2, 0) is 25.4 Å². The smallest absolute Gasteiger partial charge is 0.336 e. The zero-order chi connectivity index (χ0) is 13.4. The van der Waals surface area contributed by atoms with Crippen LogP contribution in [0.2, 0.25) is 0 Å². The van der Waals surface area contributed by atoms with Gasteiger partial charge in [-0.15, -0.1) is 0 Å². The monoisotopic (exact) mass is 243 g/mol. The van der Waals surface area contributed by atoms with Gasteiger partial charge in [-0.3, -0.25) is 0 Å². The van der Waals surface area contributed by atoms with Crippen molar-refractivity contribution in [2.45, 2.75) is 26.0 Å². The molecule has 0 aliphatic rings. The Hall–Kier alpha value is -1.63. The molecule has 1 heterocycles. The molecule has 17 heavy (non-hydrogen) atoms. The molecule has 0 saturated carbocycles. The first-order valence-electron chi connectivity index (χ1n) is 5.13. The molecule has 0 atom stereocenters. The van der Waals surface area contributed by atoms with Crippen LogP contribution in [0.4, 0.5) is 0 Å². The molecule has 0 aliphatic carbocycles. The summed E-state index contributed by atoms with van der Waals surface area (Å²) in [5.74, 6) is 0. The van der Waals surface area contributed by atoms with Crippen LogP contribution in [0.25, 0.3) is 0 Å². The van der Waals surface area contributed by atoms with Crippen LogP contribution in [0.5, 0.6) is 0 Å². The van der Waals surface area contributed by atoms with Gasteiger partial charge in [0.2, 0.25) is 0 Å². The molecule has 7 heteroatoms. The van der Waals surface area contributed by atoms with Crippen LogP contribution in [0, 0.1) is 0 Å². The van der Waals surface area contributed by atoms with Gasteiger partial charge < -0.3 is 4.74 Å². The van der Waals surface area contributed by atoms with Crippen molar-refractivity contribution in [1.29, 1.82) is 0 Å². The third-order valence-electron chi connectivity index (χ3n) is 2.70. The maximum absolute atomic E-state index is 11.8. The quantitative estimate of drug-likeness (QED) is 0.659. The number of ether oxygens (including phenoxy) is 1. The van der Waals surface area contributed by atoms with Crippen molar-refractivity contribution in [3.63, 3.8) is 0 Å². The zero-order valence-electron chi connectivity index (χ0n) is 10.7. The predicted molar refractivity (Wildman–Crippen MR) is 62.3 cm³/mol. The van der Waals surface area contributed by atoms with Crippen LogP contribution in [0.1, 0.15) is 13.8 Å². The fraction of sp³-hybridized carbons (Fsp3) is 0.700. The van der Waals surface area contributed by atoms with E-state index in [2.05, 4.69) is 0 Å². The maximum Gasteiger partial charge on any atom is 0.336 e. The van der Waals surface area contributed by atoms with Gasteiger partial charge in [-0.05, 0) is 13.8 Å². The molecule has 0 radical (unpaired) electrons. The number of nitrogens with zero attached hydrogens (tertiary/aromatic N) is 3. The molecular weight excluding hydrogens is 226 g/mol. The van der Waals surface area contributed by atoms with Gasteiger partial charge in [-0.25, -0.2) is 28.1 Å². The Bertz CT molecular complexity index is 551. The van der Waals surface area contributed by atoms with E-state index in [0.29, 0.717) is 0 Å². The Morgan fingerprint density at radius 3 is 1.76 bits per heavy atom. The highest BCUT2D eigenvalue weighted by molar-refractivity contribution is 4.80. The van der Waals surface area contributed by atoms with E-state index in [1.54, 1.807) is 13.8 Å². The molecule has 0 fully saturated rings. The first-order chi connectivity index (χ1) is 7.71. The maximum atomic E-state index is 11.8. The summed E-state index contributed by atoms with van der Waals surface area (Å²) in [6.45, 7) is 3.59. The average molecular weight is 243 g/mol. The van der Waals surface area contributed by atoms with E-state index in [4.69, 9.17) is 4.74 Å². The predicted octanol–water partition coefficient (Wildman–Crippen LogP) is -1.33. The third-order valence-corrected chi connectivity index (χ3v) is 2.70. The summed E-state index contributed by atoms with van der Waals surface area (Å²) >= 11 is 0. The first kappa shape index (κ1) is 13.4. The molecule has 0 unspecified atom stereocenters. The fourth-order valence-electron chi connectivity index (χ4n) is 1.41. The molecule has 0 bridgehead atoms. The summed E-state index contributed by atoms with van der Waals surface area (Å²) in [6.07, 6.45) is 0. The summed E-state index contributed by atoms with van der Waals surface area (Å²) in [5.41, 5.74) is -2.56. The molecule has 0 amide bonds. The highest BCUT2D eigenvalue weighted by atomic mass is 16.5. The molecule has 1 rings (SSSR count). The van der Waals surface area contributed by atoms with Gasteiger partial charge in [-0.2, -0.15) is 0 Å². The summed E-state index contributed by atoms with van der Waals surface area (Å²) in [5, 5.41) is 0. The van der Waals surface area contributed by atoms with Crippen LogP contribution in [-0.4, -0.2) is 26.4 Å². The lowest BCUT2D eigenvalue weighted by Crippen LogP contribution is -2.54. The summed E-state index contributed by atoms with van der Waals surface area (Å²) in [7, 11) is 4.16. The minimum absolute atomic E-state index is 0.0864. The van der Waals surface area contributed by atoms with Crippen molar-refractivity contribution < 1.29 is 4.74 Å². The number of hydrogen-bond acceptors (Lipinski definition) is 4. The van der Waals surface area contributed by atoms with Crippen molar-refractivity contribution in [3.8, 4) is 0 Å². The Kier molecular flexibility index (Phi) is 3.42. The summed E-state index contributed by atoms with van der Waals surface area (Å²) in [4.78, 5) is 35.1. The van der Waals surface area contributed by atoms with Crippen LogP contribution in [0.3, 0.4) is 0 Å². The highest BCUT2D eigenvalue weighted by Gasteiger charge is 2.21. The fourth-order valence-corrected chi connectivity index (χ4v) is 1.41. The van der Waals surface area contributed by atoms with E-state index in [1.807, 2.05) is 0 Å². The molecule has 0 saturated heterocycles.